The van der Waals surface area contributed by atoms with Gasteiger partial charge in [0, 0.05) is 5.69 Å². The van der Waals surface area contributed by atoms with E-state index >= 15 is 0 Å². The van der Waals surface area contributed by atoms with Gasteiger partial charge in [0.05, 0.1) is 7.11 Å². The summed E-state index contributed by atoms with van der Waals surface area (Å²) in [5, 5.41) is 12.4. The van der Waals surface area contributed by atoms with E-state index < -0.39 is 17.9 Å². The van der Waals surface area contributed by atoms with Crippen LogP contribution in [0.4, 0.5) is 18.9 Å². The second kappa shape index (κ2) is 5.50. The molecule has 2 heterocycles. The SMILES string of the molecule is COc1ccc(NC(=O)c2nn3c(C(F)(F)F)nnc3s2)cc1. The number of nitrogens with one attached hydrogen (secondary N) is 1. The predicted molar refractivity (Wildman–Crippen MR) is 74.6 cm³/mol. The van der Waals surface area contributed by atoms with Crippen molar-refractivity contribution in [1.82, 2.24) is 19.8 Å². The molecule has 1 N–H and O–H groups in total. The molecule has 0 fully saturated rings. The van der Waals surface area contributed by atoms with E-state index in [1.807, 2.05) is 0 Å². The number of halogens is 3. The molecule has 7 nitrogen and oxygen atoms in total. The van der Waals surface area contributed by atoms with Crippen molar-refractivity contribution in [2.75, 3.05) is 12.4 Å². The fraction of sp³-hybridized carbons (Fsp3) is 0.167. The molecule has 0 aliphatic rings. The van der Waals surface area contributed by atoms with E-state index in [0.717, 1.165) is 0 Å². The highest BCUT2D eigenvalue weighted by Crippen LogP contribution is 2.29. The van der Waals surface area contributed by atoms with Crippen LogP contribution in [-0.4, -0.2) is 32.8 Å². The third-order valence-corrected chi connectivity index (χ3v) is 3.68. The Morgan fingerprint density at radius 1 is 1.26 bits per heavy atom. The third kappa shape index (κ3) is 2.95. The van der Waals surface area contributed by atoms with Crippen molar-refractivity contribution in [1.29, 1.82) is 0 Å². The number of anilines is 1. The van der Waals surface area contributed by atoms with Gasteiger partial charge in [0.25, 0.3) is 11.7 Å². The molecule has 0 atom stereocenters. The summed E-state index contributed by atoms with van der Waals surface area (Å²) in [6, 6.07) is 6.46. The van der Waals surface area contributed by atoms with E-state index in [4.69, 9.17) is 4.74 Å². The number of carbonyl (C=O) groups excluding carboxylic acids is 1. The second-order valence-electron chi connectivity index (χ2n) is 4.31. The van der Waals surface area contributed by atoms with Crippen molar-refractivity contribution in [2.24, 2.45) is 0 Å². The summed E-state index contributed by atoms with van der Waals surface area (Å²) < 4.78 is 43.6. The summed E-state index contributed by atoms with van der Waals surface area (Å²) in [6.07, 6.45) is -4.70. The molecular weight excluding hydrogens is 335 g/mol. The van der Waals surface area contributed by atoms with Crippen LogP contribution in [0, 0.1) is 0 Å². The maximum absolute atomic E-state index is 12.7. The number of amides is 1. The zero-order chi connectivity index (χ0) is 16.6. The molecule has 120 valence electrons. The molecule has 0 aliphatic heterocycles. The first-order valence-corrected chi connectivity index (χ1v) is 6.95. The largest absolute Gasteiger partial charge is 0.497 e. The average Bonchev–Trinajstić information content (AvgIpc) is 3.06. The van der Waals surface area contributed by atoms with Crippen LogP contribution < -0.4 is 10.1 Å². The minimum atomic E-state index is -4.70. The summed E-state index contributed by atoms with van der Waals surface area (Å²) in [4.78, 5) is 11.9. The number of nitrogens with zero attached hydrogens (tertiary/aromatic N) is 4. The van der Waals surface area contributed by atoms with Crippen molar-refractivity contribution >= 4 is 27.9 Å². The summed E-state index contributed by atoms with van der Waals surface area (Å²) in [6.45, 7) is 0. The number of alkyl halides is 3. The molecule has 1 aromatic carbocycles. The quantitative estimate of drug-likeness (QED) is 0.790. The summed E-state index contributed by atoms with van der Waals surface area (Å²) in [5.41, 5.74) is 0.456. The molecule has 2 aromatic heterocycles. The van der Waals surface area contributed by atoms with Gasteiger partial charge in [0.1, 0.15) is 5.75 Å². The van der Waals surface area contributed by atoms with E-state index in [2.05, 4.69) is 20.6 Å². The van der Waals surface area contributed by atoms with Gasteiger partial charge in [-0.1, -0.05) is 11.3 Å². The topological polar surface area (TPSA) is 81.4 Å². The number of fused-ring (bicyclic) bond motifs is 1. The highest BCUT2D eigenvalue weighted by molar-refractivity contribution is 7.18. The molecular formula is C12H8F3N5O2S. The first kappa shape index (κ1) is 15.2. The Kier molecular flexibility index (Phi) is 3.64. The highest BCUT2D eigenvalue weighted by atomic mass is 32.1. The maximum atomic E-state index is 12.7. The van der Waals surface area contributed by atoms with Crippen molar-refractivity contribution < 1.29 is 22.7 Å². The molecule has 0 bridgehead atoms. The number of carbonyl (C=O) groups is 1. The lowest BCUT2D eigenvalue weighted by atomic mass is 10.3. The zero-order valence-electron chi connectivity index (χ0n) is 11.5. The van der Waals surface area contributed by atoms with Gasteiger partial charge in [-0.15, -0.1) is 15.3 Å². The maximum Gasteiger partial charge on any atom is 0.453 e. The van der Waals surface area contributed by atoms with Crippen LogP contribution in [0.25, 0.3) is 4.96 Å². The molecule has 0 unspecified atom stereocenters. The second-order valence-corrected chi connectivity index (χ2v) is 5.26. The van der Waals surface area contributed by atoms with Crippen LogP contribution >= 0.6 is 11.3 Å². The summed E-state index contributed by atoms with van der Waals surface area (Å²) >= 11 is 0.711. The van der Waals surface area contributed by atoms with Gasteiger partial charge in [-0.3, -0.25) is 4.79 Å². The number of benzene rings is 1. The summed E-state index contributed by atoms with van der Waals surface area (Å²) in [5.74, 6) is -1.30. The smallest absolute Gasteiger partial charge is 0.453 e. The van der Waals surface area contributed by atoms with E-state index in [0.29, 0.717) is 27.3 Å². The molecule has 3 rings (SSSR count). The Bertz CT molecular complexity index is 856. The van der Waals surface area contributed by atoms with Gasteiger partial charge in [-0.2, -0.15) is 17.7 Å². The minimum Gasteiger partial charge on any atom is -0.497 e. The molecule has 11 heteroatoms. The van der Waals surface area contributed by atoms with Gasteiger partial charge in [-0.05, 0) is 24.3 Å². The Hall–Kier alpha value is -2.69. The lowest BCUT2D eigenvalue weighted by molar-refractivity contribution is -0.146. The van der Waals surface area contributed by atoms with Crippen LogP contribution in [0.3, 0.4) is 0 Å². The molecule has 23 heavy (non-hydrogen) atoms. The Morgan fingerprint density at radius 2 is 1.96 bits per heavy atom. The van der Waals surface area contributed by atoms with Gasteiger partial charge in [-0.25, -0.2) is 0 Å². The van der Waals surface area contributed by atoms with Crippen LogP contribution in [0.1, 0.15) is 15.6 Å². The third-order valence-electron chi connectivity index (χ3n) is 2.79. The number of methoxy groups -OCH3 is 1. The minimum absolute atomic E-state index is 0.114. The van der Waals surface area contributed by atoms with E-state index in [-0.39, 0.29) is 9.97 Å². The Labute approximate surface area is 130 Å². The van der Waals surface area contributed by atoms with Crippen LogP contribution in [0.2, 0.25) is 0 Å². The van der Waals surface area contributed by atoms with E-state index in [1.54, 1.807) is 24.3 Å². The Morgan fingerprint density at radius 3 is 2.57 bits per heavy atom. The van der Waals surface area contributed by atoms with Crippen molar-refractivity contribution in [2.45, 2.75) is 6.18 Å². The Balaban J connectivity index is 1.84. The monoisotopic (exact) mass is 343 g/mol. The number of ether oxygens (including phenoxy) is 1. The van der Waals surface area contributed by atoms with Crippen LogP contribution in [-0.2, 0) is 6.18 Å². The molecule has 0 saturated heterocycles. The molecule has 0 aliphatic carbocycles. The molecule has 0 radical (unpaired) electrons. The number of hydrogen-bond acceptors (Lipinski definition) is 6. The average molecular weight is 343 g/mol. The van der Waals surface area contributed by atoms with Crippen LogP contribution in [0.5, 0.6) is 5.75 Å². The number of hydrogen-bond donors (Lipinski definition) is 1. The predicted octanol–water partition coefficient (Wildman–Crippen LogP) is 2.47. The van der Waals surface area contributed by atoms with Crippen molar-refractivity contribution in [3.63, 3.8) is 0 Å². The van der Waals surface area contributed by atoms with Gasteiger partial charge >= 0.3 is 6.18 Å². The molecule has 3 aromatic rings. The van der Waals surface area contributed by atoms with Gasteiger partial charge in [0.15, 0.2) is 0 Å². The highest BCUT2D eigenvalue weighted by Gasteiger charge is 2.38. The first-order valence-electron chi connectivity index (χ1n) is 6.13. The van der Waals surface area contributed by atoms with Gasteiger partial charge in [0.2, 0.25) is 9.97 Å². The fourth-order valence-corrected chi connectivity index (χ4v) is 2.48. The zero-order valence-corrected chi connectivity index (χ0v) is 12.3. The van der Waals surface area contributed by atoms with E-state index in [1.165, 1.54) is 7.11 Å². The van der Waals surface area contributed by atoms with Crippen molar-refractivity contribution in [3.8, 4) is 5.75 Å². The summed E-state index contributed by atoms with van der Waals surface area (Å²) in [7, 11) is 1.51. The molecule has 0 spiro atoms. The lowest BCUT2D eigenvalue weighted by Gasteiger charge is -2.04. The molecule has 0 saturated carbocycles. The van der Waals surface area contributed by atoms with Crippen molar-refractivity contribution in [3.05, 3.63) is 35.1 Å². The fourth-order valence-electron chi connectivity index (χ4n) is 1.74. The first-order chi connectivity index (χ1) is 10.9. The normalized spacial score (nSPS) is 11.7. The van der Waals surface area contributed by atoms with Gasteiger partial charge < -0.3 is 10.1 Å². The standard InChI is InChI=1S/C12H8F3N5O2S/c1-22-7-4-2-6(3-5-7)16-8(21)9-19-20-10(12(13,14)15)17-18-11(20)23-9/h2-5H,1H3,(H,16,21). The van der Waals surface area contributed by atoms with Crippen LogP contribution in [0.15, 0.2) is 24.3 Å². The lowest BCUT2D eigenvalue weighted by Crippen LogP contribution is -2.14. The van der Waals surface area contributed by atoms with E-state index in [9.17, 15) is 18.0 Å². The number of aromatic nitrogens is 4. The molecule has 1 amide bonds. The number of rotatable bonds is 3.